The Hall–Kier alpha value is -3.16. The molecule has 0 spiro atoms. The van der Waals surface area contributed by atoms with Crippen molar-refractivity contribution in [1.29, 1.82) is 0 Å². The largest absolute Gasteiger partial charge is 0.467 e. The Labute approximate surface area is 201 Å². The first-order chi connectivity index (χ1) is 15.9. The van der Waals surface area contributed by atoms with Crippen LogP contribution in [-0.4, -0.2) is 41.5 Å². The molecule has 7 nitrogen and oxygen atoms in total. The Morgan fingerprint density at radius 1 is 1.09 bits per heavy atom. The van der Waals surface area contributed by atoms with Crippen molar-refractivity contribution in [3.8, 4) is 0 Å². The van der Waals surface area contributed by atoms with Crippen molar-refractivity contribution >= 4 is 40.9 Å². The standard InChI is InChI=1S/C24H22Cl2N4O3/c1-33-23(32)20(12-15-6-8-18(25)9-7-15)27-22(31)19-13-21(29-24(26)28-19)30-11-10-16-4-2-3-5-17(16)14-30/h2-9,13,20H,10-12,14H2,1H3,(H,27,31)/t20-/m1/s1. The molecule has 0 bridgehead atoms. The molecule has 0 saturated heterocycles. The lowest BCUT2D eigenvalue weighted by Gasteiger charge is -2.30. The van der Waals surface area contributed by atoms with Gasteiger partial charge in [0.1, 0.15) is 17.6 Å². The number of ether oxygens (including phenoxy) is 1. The van der Waals surface area contributed by atoms with Crippen LogP contribution in [-0.2, 0) is 28.9 Å². The van der Waals surface area contributed by atoms with Gasteiger partial charge in [0.05, 0.1) is 7.11 Å². The van der Waals surface area contributed by atoms with E-state index in [9.17, 15) is 9.59 Å². The molecule has 1 aliphatic heterocycles. The zero-order valence-electron chi connectivity index (χ0n) is 17.9. The number of anilines is 1. The summed E-state index contributed by atoms with van der Waals surface area (Å²) < 4.78 is 4.87. The second kappa shape index (κ2) is 10.2. The maximum atomic E-state index is 13.0. The van der Waals surface area contributed by atoms with Gasteiger partial charge in [-0.25, -0.2) is 14.8 Å². The number of aromatic nitrogens is 2. The molecular weight excluding hydrogens is 463 g/mol. The van der Waals surface area contributed by atoms with Gasteiger partial charge in [0.25, 0.3) is 5.91 Å². The van der Waals surface area contributed by atoms with Crippen LogP contribution in [0.15, 0.2) is 54.6 Å². The van der Waals surface area contributed by atoms with Gasteiger partial charge in [-0.05, 0) is 46.8 Å². The van der Waals surface area contributed by atoms with E-state index in [0.29, 0.717) is 17.4 Å². The van der Waals surface area contributed by atoms with E-state index in [2.05, 4.69) is 32.3 Å². The van der Waals surface area contributed by atoms with Crippen LogP contribution < -0.4 is 10.2 Å². The van der Waals surface area contributed by atoms with Crippen molar-refractivity contribution in [2.45, 2.75) is 25.4 Å². The molecular formula is C24H22Cl2N4O3. The molecule has 4 rings (SSSR count). The summed E-state index contributed by atoms with van der Waals surface area (Å²) >= 11 is 12.1. The topological polar surface area (TPSA) is 84.4 Å². The van der Waals surface area contributed by atoms with Crippen molar-refractivity contribution in [1.82, 2.24) is 15.3 Å². The molecule has 0 fully saturated rings. The fourth-order valence-corrected chi connectivity index (χ4v) is 4.10. The third-order valence-corrected chi connectivity index (χ3v) is 5.94. The lowest BCUT2D eigenvalue weighted by atomic mass is 10.00. The fraction of sp³-hybridized carbons (Fsp3) is 0.250. The molecule has 33 heavy (non-hydrogen) atoms. The van der Waals surface area contributed by atoms with Gasteiger partial charge in [0, 0.05) is 30.6 Å². The smallest absolute Gasteiger partial charge is 0.328 e. The van der Waals surface area contributed by atoms with E-state index in [1.807, 2.05) is 12.1 Å². The number of esters is 1. The number of halogens is 2. The summed E-state index contributed by atoms with van der Waals surface area (Å²) in [6.45, 7) is 1.40. The summed E-state index contributed by atoms with van der Waals surface area (Å²) in [6, 6.07) is 15.9. The van der Waals surface area contributed by atoms with Crippen LogP contribution in [0.1, 0.15) is 27.2 Å². The zero-order valence-corrected chi connectivity index (χ0v) is 19.4. The highest BCUT2D eigenvalue weighted by Gasteiger charge is 2.25. The predicted octanol–water partition coefficient (Wildman–Crippen LogP) is 3.86. The Bertz CT molecular complexity index is 1170. The van der Waals surface area contributed by atoms with Crippen molar-refractivity contribution < 1.29 is 14.3 Å². The number of benzene rings is 2. The van der Waals surface area contributed by atoms with E-state index in [4.69, 9.17) is 27.9 Å². The van der Waals surface area contributed by atoms with E-state index >= 15 is 0 Å². The van der Waals surface area contributed by atoms with Crippen molar-refractivity contribution in [3.63, 3.8) is 0 Å². The van der Waals surface area contributed by atoms with Crippen LogP contribution in [0.4, 0.5) is 5.82 Å². The number of rotatable bonds is 6. The number of carbonyl (C=O) groups excluding carboxylic acids is 2. The fourth-order valence-electron chi connectivity index (χ4n) is 3.80. The summed E-state index contributed by atoms with van der Waals surface area (Å²) in [4.78, 5) is 35.8. The summed E-state index contributed by atoms with van der Waals surface area (Å²) in [6.07, 6.45) is 1.11. The van der Waals surface area contributed by atoms with Crippen molar-refractivity contribution in [2.24, 2.45) is 0 Å². The van der Waals surface area contributed by atoms with Gasteiger partial charge >= 0.3 is 5.97 Å². The van der Waals surface area contributed by atoms with Gasteiger partial charge < -0.3 is 15.0 Å². The van der Waals surface area contributed by atoms with Gasteiger partial charge in [0.2, 0.25) is 5.28 Å². The molecule has 3 aromatic rings. The Kier molecular flexibility index (Phi) is 7.11. The molecule has 1 amide bonds. The Morgan fingerprint density at radius 2 is 1.82 bits per heavy atom. The molecule has 170 valence electrons. The molecule has 2 heterocycles. The first kappa shape index (κ1) is 23.0. The first-order valence-electron chi connectivity index (χ1n) is 10.4. The number of nitrogens with one attached hydrogen (secondary N) is 1. The summed E-state index contributed by atoms with van der Waals surface area (Å²) in [5.41, 5.74) is 3.41. The molecule has 2 aromatic carbocycles. The minimum Gasteiger partial charge on any atom is -0.467 e. The molecule has 1 aromatic heterocycles. The van der Waals surface area contributed by atoms with Crippen LogP contribution in [0.5, 0.6) is 0 Å². The van der Waals surface area contributed by atoms with Crippen molar-refractivity contribution in [2.75, 3.05) is 18.6 Å². The maximum absolute atomic E-state index is 13.0. The third-order valence-electron chi connectivity index (χ3n) is 5.52. The molecule has 9 heteroatoms. The molecule has 0 aliphatic carbocycles. The van der Waals surface area contributed by atoms with Crippen molar-refractivity contribution in [3.05, 3.63) is 87.3 Å². The molecule has 0 unspecified atom stereocenters. The molecule has 1 aliphatic rings. The van der Waals surface area contributed by atoms with E-state index in [1.54, 1.807) is 30.3 Å². The molecule has 1 N–H and O–H groups in total. The summed E-state index contributed by atoms with van der Waals surface area (Å²) in [5, 5.41) is 3.25. The highest BCUT2D eigenvalue weighted by molar-refractivity contribution is 6.30. The minimum absolute atomic E-state index is 0.0381. The monoisotopic (exact) mass is 484 g/mol. The van der Waals surface area contributed by atoms with Gasteiger partial charge in [-0.1, -0.05) is 48.0 Å². The SMILES string of the molecule is COC(=O)[C@@H](Cc1ccc(Cl)cc1)NC(=O)c1cc(N2CCc3ccccc3C2)nc(Cl)n1. The second-order valence-corrected chi connectivity index (χ2v) is 8.47. The van der Waals surface area contributed by atoms with Crippen LogP contribution in [0.3, 0.4) is 0 Å². The van der Waals surface area contributed by atoms with Gasteiger partial charge in [-0.3, -0.25) is 4.79 Å². The quantitative estimate of drug-likeness (QED) is 0.422. The van der Waals surface area contributed by atoms with E-state index in [1.165, 1.54) is 18.2 Å². The molecule has 0 radical (unpaired) electrons. The average molecular weight is 485 g/mol. The number of amides is 1. The van der Waals surface area contributed by atoms with Crippen LogP contribution in [0.2, 0.25) is 10.3 Å². The Morgan fingerprint density at radius 3 is 2.55 bits per heavy atom. The number of carbonyl (C=O) groups is 2. The van der Waals surface area contributed by atoms with Gasteiger partial charge in [-0.2, -0.15) is 0 Å². The lowest BCUT2D eigenvalue weighted by molar-refractivity contribution is -0.142. The second-order valence-electron chi connectivity index (χ2n) is 7.70. The van der Waals surface area contributed by atoms with Crippen LogP contribution >= 0.6 is 23.2 Å². The highest BCUT2D eigenvalue weighted by Crippen LogP contribution is 2.24. The zero-order chi connectivity index (χ0) is 23.4. The number of methoxy groups -OCH3 is 1. The van der Waals surface area contributed by atoms with E-state index in [0.717, 1.165) is 18.5 Å². The predicted molar refractivity (Wildman–Crippen MR) is 127 cm³/mol. The van der Waals surface area contributed by atoms with Crippen LogP contribution in [0, 0.1) is 0 Å². The van der Waals surface area contributed by atoms with Gasteiger partial charge in [0.15, 0.2) is 0 Å². The average Bonchev–Trinajstić information content (AvgIpc) is 2.83. The maximum Gasteiger partial charge on any atom is 0.328 e. The number of fused-ring (bicyclic) bond motifs is 1. The number of hydrogen-bond donors (Lipinski definition) is 1. The molecule has 0 saturated carbocycles. The molecule has 1 atom stereocenters. The third kappa shape index (κ3) is 5.61. The van der Waals surface area contributed by atoms with Crippen LogP contribution in [0.25, 0.3) is 0 Å². The summed E-state index contributed by atoms with van der Waals surface area (Å²) in [5.74, 6) is -0.546. The lowest BCUT2D eigenvalue weighted by Crippen LogP contribution is -2.43. The van der Waals surface area contributed by atoms with E-state index in [-0.39, 0.29) is 17.4 Å². The Balaban J connectivity index is 1.52. The number of nitrogens with zero attached hydrogens (tertiary/aromatic N) is 3. The first-order valence-corrected chi connectivity index (χ1v) is 11.2. The van der Waals surface area contributed by atoms with Gasteiger partial charge in [-0.15, -0.1) is 0 Å². The minimum atomic E-state index is -0.900. The number of hydrogen-bond acceptors (Lipinski definition) is 6. The van der Waals surface area contributed by atoms with E-state index < -0.39 is 17.9 Å². The highest BCUT2D eigenvalue weighted by atomic mass is 35.5. The summed E-state index contributed by atoms with van der Waals surface area (Å²) in [7, 11) is 1.28. The normalized spacial score (nSPS) is 13.7.